The normalized spacial score (nSPS) is 18.4. The highest BCUT2D eigenvalue weighted by molar-refractivity contribution is 7.18. The Labute approximate surface area is 197 Å². The van der Waals surface area contributed by atoms with Gasteiger partial charge in [-0.2, -0.15) is 0 Å². The molecule has 1 aromatic heterocycles. The van der Waals surface area contributed by atoms with Crippen molar-refractivity contribution in [3.8, 4) is 0 Å². The highest BCUT2D eigenvalue weighted by Crippen LogP contribution is 2.38. The monoisotopic (exact) mass is 455 g/mol. The van der Waals surface area contributed by atoms with Crippen molar-refractivity contribution in [3.63, 3.8) is 0 Å². The van der Waals surface area contributed by atoms with Gasteiger partial charge in [-0.25, -0.2) is 4.98 Å². The molecular weight excluding hydrogens is 430 g/mol. The molecular formula is C27H25N3O2S. The molecule has 2 heterocycles. The summed E-state index contributed by atoms with van der Waals surface area (Å²) < 4.78 is 1.11. The Morgan fingerprint density at radius 1 is 0.970 bits per heavy atom. The molecule has 0 radical (unpaired) electrons. The van der Waals surface area contributed by atoms with Crippen molar-refractivity contribution in [2.24, 2.45) is 5.92 Å². The first-order valence-corrected chi connectivity index (χ1v) is 12.0. The number of thiazole rings is 1. The van der Waals surface area contributed by atoms with Gasteiger partial charge in [0.25, 0.3) is 0 Å². The van der Waals surface area contributed by atoms with Crippen LogP contribution < -0.4 is 5.32 Å². The maximum Gasteiger partial charge on any atom is 0.225 e. The average molecular weight is 456 g/mol. The van der Waals surface area contributed by atoms with Crippen molar-refractivity contribution in [3.05, 3.63) is 101 Å². The Morgan fingerprint density at radius 2 is 1.67 bits per heavy atom. The summed E-state index contributed by atoms with van der Waals surface area (Å²) in [5.74, 6) is -0.264. The molecule has 2 unspecified atom stereocenters. The van der Waals surface area contributed by atoms with E-state index in [9.17, 15) is 9.59 Å². The molecule has 5 rings (SSSR count). The second-order valence-electron chi connectivity index (χ2n) is 8.30. The molecule has 6 heteroatoms. The van der Waals surface area contributed by atoms with E-state index in [-0.39, 0.29) is 23.8 Å². The molecule has 3 aromatic carbocycles. The van der Waals surface area contributed by atoms with Crippen molar-refractivity contribution >= 4 is 33.4 Å². The molecule has 0 saturated carbocycles. The van der Waals surface area contributed by atoms with Gasteiger partial charge < -0.3 is 10.2 Å². The van der Waals surface area contributed by atoms with Crippen molar-refractivity contribution in [2.75, 3.05) is 0 Å². The largest absolute Gasteiger partial charge is 0.349 e. The lowest BCUT2D eigenvalue weighted by molar-refractivity contribution is -0.144. The van der Waals surface area contributed by atoms with Crippen molar-refractivity contribution < 1.29 is 9.59 Å². The summed E-state index contributed by atoms with van der Waals surface area (Å²) in [6.45, 7) is 0.879. The van der Waals surface area contributed by atoms with Gasteiger partial charge in [0.2, 0.25) is 11.8 Å². The summed E-state index contributed by atoms with van der Waals surface area (Å²) in [4.78, 5) is 32.9. The van der Waals surface area contributed by atoms with E-state index in [0.717, 1.165) is 26.4 Å². The Bertz CT molecular complexity index is 1220. The highest BCUT2D eigenvalue weighted by Gasteiger charge is 2.40. The van der Waals surface area contributed by atoms with Crippen LogP contribution in [0.2, 0.25) is 0 Å². The fourth-order valence-corrected chi connectivity index (χ4v) is 5.45. The third-order valence-corrected chi connectivity index (χ3v) is 7.17. The highest BCUT2D eigenvalue weighted by atomic mass is 32.1. The molecule has 0 aliphatic carbocycles. The molecule has 1 aliphatic rings. The van der Waals surface area contributed by atoms with Crippen molar-refractivity contribution in [1.29, 1.82) is 0 Å². The van der Waals surface area contributed by atoms with Gasteiger partial charge in [0.05, 0.1) is 28.7 Å². The van der Waals surface area contributed by atoms with E-state index in [4.69, 9.17) is 0 Å². The van der Waals surface area contributed by atoms with Crippen LogP contribution in [0, 0.1) is 5.92 Å². The molecule has 1 aliphatic heterocycles. The summed E-state index contributed by atoms with van der Waals surface area (Å²) in [6.07, 6.45) is 0.907. The molecule has 33 heavy (non-hydrogen) atoms. The first kappa shape index (κ1) is 21.3. The number of para-hydroxylation sites is 1. The second kappa shape index (κ2) is 9.55. The topological polar surface area (TPSA) is 62.3 Å². The zero-order valence-corrected chi connectivity index (χ0v) is 19.0. The smallest absolute Gasteiger partial charge is 0.225 e. The molecule has 2 amide bonds. The number of fused-ring (bicyclic) bond motifs is 1. The van der Waals surface area contributed by atoms with Crippen molar-refractivity contribution in [1.82, 2.24) is 15.2 Å². The maximum atomic E-state index is 13.4. The van der Waals surface area contributed by atoms with Gasteiger partial charge in [0.15, 0.2) is 0 Å². The van der Waals surface area contributed by atoms with E-state index in [1.807, 2.05) is 89.8 Å². The number of benzene rings is 3. The summed E-state index contributed by atoms with van der Waals surface area (Å²) in [5, 5.41) is 3.98. The Hall–Kier alpha value is -3.51. The lowest BCUT2D eigenvalue weighted by Gasteiger charge is -2.41. The molecule has 5 nitrogen and oxygen atoms in total. The van der Waals surface area contributed by atoms with E-state index >= 15 is 0 Å². The Morgan fingerprint density at radius 3 is 2.42 bits per heavy atom. The van der Waals surface area contributed by atoms with Crippen LogP contribution in [0.25, 0.3) is 10.2 Å². The summed E-state index contributed by atoms with van der Waals surface area (Å²) >= 11 is 1.60. The van der Waals surface area contributed by atoms with Gasteiger partial charge in [-0.15, -0.1) is 11.3 Å². The number of piperidine rings is 1. The van der Waals surface area contributed by atoms with Gasteiger partial charge in [-0.3, -0.25) is 9.59 Å². The predicted molar refractivity (Wildman–Crippen MR) is 130 cm³/mol. The van der Waals surface area contributed by atoms with Crippen LogP contribution in [-0.4, -0.2) is 21.7 Å². The van der Waals surface area contributed by atoms with Crippen LogP contribution in [0.4, 0.5) is 0 Å². The summed E-state index contributed by atoms with van der Waals surface area (Å²) in [6, 6.07) is 27.5. The Kier molecular flexibility index (Phi) is 6.17. The van der Waals surface area contributed by atoms with Crippen LogP contribution >= 0.6 is 11.3 Å². The number of carbonyl (C=O) groups excluding carboxylic acids is 2. The number of aromatic nitrogens is 1. The van der Waals surface area contributed by atoms with Crippen LogP contribution in [0.5, 0.6) is 0 Å². The molecule has 1 saturated heterocycles. The number of rotatable bonds is 6. The average Bonchev–Trinajstić information content (AvgIpc) is 3.28. The number of hydrogen-bond acceptors (Lipinski definition) is 4. The van der Waals surface area contributed by atoms with Gasteiger partial charge in [-0.1, -0.05) is 72.8 Å². The maximum absolute atomic E-state index is 13.4. The number of likely N-dealkylation sites (tertiary alicyclic amines) is 1. The quantitative estimate of drug-likeness (QED) is 0.440. The first-order chi connectivity index (χ1) is 16.2. The van der Waals surface area contributed by atoms with E-state index in [0.29, 0.717) is 25.9 Å². The molecule has 2 atom stereocenters. The van der Waals surface area contributed by atoms with Gasteiger partial charge in [0.1, 0.15) is 5.01 Å². The predicted octanol–water partition coefficient (Wildman–Crippen LogP) is 5.09. The van der Waals surface area contributed by atoms with E-state index < -0.39 is 0 Å². The minimum absolute atomic E-state index is 0.0336. The number of nitrogens with one attached hydrogen (secondary N) is 1. The van der Waals surface area contributed by atoms with Crippen LogP contribution in [0.1, 0.15) is 35.0 Å². The van der Waals surface area contributed by atoms with E-state index in [2.05, 4.69) is 10.3 Å². The first-order valence-electron chi connectivity index (χ1n) is 11.2. The molecule has 0 bridgehead atoms. The SMILES string of the molecule is O=C(NCc1nc2ccccc2s1)C1CCC(=O)N(Cc2ccccc2)C1c1ccccc1. The van der Waals surface area contributed by atoms with Crippen LogP contribution in [-0.2, 0) is 22.7 Å². The summed E-state index contributed by atoms with van der Waals surface area (Å²) in [7, 11) is 0. The molecule has 1 N–H and O–H groups in total. The van der Waals surface area contributed by atoms with E-state index in [1.54, 1.807) is 11.3 Å². The minimum atomic E-state index is -0.316. The number of hydrogen-bond donors (Lipinski definition) is 1. The molecule has 4 aromatic rings. The van der Waals surface area contributed by atoms with E-state index in [1.165, 1.54) is 0 Å². The fourth-order valence-electron chi connectivity index (χ4n) is 4.55. The van der Waals surface area contributed by atoms with Crippen molar-refractivity contribution in [2.45, 2.75) is 32.0 Å². The number of amides is 2. The van der Waals surface area contributed by atoms with Gasteiger partial charge in [0, 0.05) is 13.0 Å². The molecule has 1 fully saturated rings. The summed E-state index contributed by atoms with van der Waals surface area (Å²) in [5.41, 5.74) is 3.00. The van der Waals surface area contributed by atoms with Crippen LogP contribution in [0.3, 0.4) is 0 Å². The number of nitrogens with zero attached hydrogens (tertiary/aromatic N) is 2. The standard InChI is InChI=1S/C27H25N3O2S/c31-25-16-15-21(27(32)28-17-24-29-22-13-7-8-14-23(22)33-24)26(20-11-5-2-6-12-20)30(25)18-19-9-3-1-4-10-19/h1-14,21,26H,15-18H2,(H,28,32). The number of carbonyl (C=O) groups is 2. The lowest BCUT2D eigenvalue weighted by Crippen LogP contribution is -2.47. The minimum Gasteiger partial charge on any atom is -0.349 e. The zero-order valence-electron chi connectivity index (χ0n) is 18.2. The third kappa shape index (κ3) is 4.66. The molecule has 166 valence electrons. The van der Waals surface area contributed by atoms with Gasteiger partial charge in [-0.05, 0) is 29.7 Å². The van der Waals surface area contributed by atoms with Gasteiger partial charge >= 0.3 is 0 Å². The Balaban J connectivity index is 1.39. The molecule has 0 spiro atoms. The zero-order chi connectivity index (χ0) is 22.6. The second-order valence-corrected chi connectivity index (χ2v) is 9.42. The van der Waals surface area contributed by atoms with Crippen LogP contribution in [0.15, 0.2) is 84.9 Å². The third-order valence-electron chi connectivity index (χ3n) is 6.13. The lowest BCUT2D eigenvalue weighted by atomic mass is 9.83. The fraction of sp³-hybridized carbons (Fsp3) is 0.222.